The van der Waals surface area contributed by atoms with Gasteiger partial charge in [0.2, 0.25) is 0 Å². The van der Waals surface area contributed by atoms with Crippen LogP contribution in [0.2, 0.25) is 0 Å². The normalized spacial score (nSPS) is 26.0. The van der Waals surface area contributed by atoms with Crippen LogP contribution in [0.15, 0.2) is 11.0 Å². The van der Waals surface area contributed by atoms with Crippen molar-refractivity contribution < 1.29 is 24.5 Å². The maximum Gasteiger partial charge on any atom is 0.310 e. The quantitative estimate of drug-likeness (QED) is 0.356. The first-order valence-electron chi connectivity index (χ1n) is 8.13. The molecule has 1 aromatic rings. The van der Waals surface area contributed by atoms with Crippen LogP contribution in [0.5, 0.6) is 0 Å². The van der Waals surface area contributed by atoms with Gasteiger partial charge in [0, 0.05) is 11.8 Å². The Labute approximate surface area is 156 Å². The Balaban J connectivity index is 2.28. The first-order chi connectivity index (χ1) is 12.0. The molecular weight excluding hydrogens is 379 g/mol. The minimum atomic E-state index is -1.30. The summed E-state index contributed by atoms with van der Waals surface area (Å²) in [5, 5.41) is 20.7. The fourth-order valence-corrected chi connectivity index (χ4v) is 3.95. The van der Waals surface area contributed by atoms with Gasteiger partial charge in [-0.3, -0.25) is 19.1 Å². The summed E-state index contributed by atoms with van der Waals surface area (Å²) in [4.78, 5) is 25.9. The molecule has 2 heterocycles. The highest BCUT2D eigenvalue weighted by Gasteiger charge is 2.43. The smallest absolute Gasteiger partial charge is 0.310 e. The molecule has 146 valence electrons. The Morgan fingerprint density at radius 1 is 1.46 bits per heavy atom. The summed E-state index contributed by atoms with van der Waals surface area (Å²) in [7, 11) is 1.23. The average Bonchev–Trinajstić information content (AvgIpc) is 2.82. The summed E-state index contributed by atoms with van der Waals surface area (Å²) in [6, 6.07) is 0. The maximum absolute atomic E-state index is 12.0. The van der Waals surface area contributed by atoms with Gasteiger partial charge < -0.3 is 19.7 Å². The van der Waals surface area contributed by atoms with Crippen molar-refractivity contribution in [3.8, 4) is 0 Å². The lowest BCUT2D eigenvalue weighted by Crippen LogP contribution is -2.33. The molecule has 0 aliphatic carbocycles. The van der Waals surface area contributed by atoms with Crippen molar-refractivity contribution in [1.29, 1.82) is 0 Å². The van der Waals surface area contributed by atoms with E-state index in [2.05, 4.69) is 29.3 Å². The first-order valence-corrected chi connectivity index (χ1v) is 11.6. The van der Waals surface area contributed by atoms with E-state index in [0.717, 1.165) is 6.16 Å². The Morgan fingerprint density at radius 3 is 2.69 bits per heavy atom. The number of methoxy groups -OCH3 is 1. The van der Waals surface area contributed by atoms with Crippen molar-refractivity contribution >= 4 is 31.4 Å². The lowest BCUT2D eigenvalue weighted by molar-refractivity contribution is -0.139. The van der Waals surface area contributed by atoms with Crippen LogP contribution in [-0.2, 0) is 20.7 Å². The molecule has 1 aromatic heterocycles. The van der Waals surface area contributed by atoms with Gasteiger partial charge in [-0.05, 0) is 38.1 Å². The van der Waals surface area contributed by atoms with Gasteiger partial charge >= 0.3 is 5.97 Å². The lowest BCUT2D eigenvalue weighted by Gasteiger charge is -2.19. The molecule has 0 amide bonds. The van der Waals surface area contributed by atoms with Crippen LogP contribution in [0.1, 0.15) is 18.2 Å². The van der Waals surface area contributed by atoms with Crippen LogP contribution >= 0.6 is 19.1 Å². The summed E-state index contributed by atoms with van der Waals surface area (Å²) < 4.78 is 11.8. The Kier molecular flexibility index (Phi) is 6.63. The molecule has 3 N–H and O–H groups in total. The van der Waals surface area contributed by atoms with Gasteiger partial charge in [0.05, 0.1) is 19.6 Å². The van der Waals surface area contributed by atoms with Crippen molar-refractivity contribution in [2.45, 2.75) is 37.4 Å². The number of nitrogens with zero attached hydrogens (tertiary/aromatic N) is 1. The molecule has 1 aliphatic rings. The third kappa shape index (κ3) is 4.92. The highest BCUT2D eigenvalue weighted by molar-refractivity contribution is 7.72. The molecule has 10 heteroatoms. The monoisotopic (exact) mass is 404 g/mol. The number of H-pyrrole nitrogens is 1. The van der Waals surface area contributed by atoms with Gasteiger partial charge in [-0.1, -0.05) is 0 Å². The number of aliphatic hydroxyl groups is 2. The van der Waals surface area contributed by atoms with Gasteiger partial charge in [0.1, 0.15) is 12.2 Å². The predicted molar refractivity (Wildman–Crippen MR) is 103 cm³/mol. The SMILES string of the molecule is C=P(C)(C)CC[C@H]1O[C@@H](n2cc(CC(=O)OC)c(=O)[nH]c2=S)[C@H](O)[C@@H]1O. The van der Waals surface area contributed by atoms with Gasteiger partial charge in [-0.2, -0.15) is 0 Å². The fourth-order valence-electron chi connectivity index (χ4n) is 2.74. The number of esters is 1. The second-order valence-electron chi connectivity index (χ2n) is 7.07. The fraction of sp³-hybridized carbons (Fsp3) is 0.625. The van der Waals surface area contributed by atoms with Gasteiger partial charge in [-0.25, -0.2) is 0 Å². The molecule has 0 aromatic carbocycles. The van der Waals surface area contributed by atoms with Crippen molar-refractivity contribution in [2.75, 3.05) is 26.6 Å². The molecule has 1 aliphatic heterocycles. The number of carbonyl (C=O) groups excluding carboxylic acids is 1. The van der Waals surface area contributed by atoms with E-state index >= 15 is 0 Å². The standard InChI is InChI=1S/C16H25N2O6PS/c1-23-11(19)7-9-8-18(16(26)17-14(9)22)15-13(21)12(20)10(24-15)5-6-25(2,3)4/h8,10,12-13,15,20-21H,2,5-7H2,1,3-4H3,(H,17,22,26)/t10-,12-,13-,15-/m1/s1. The molecule has 0 spiro atoms. The molecule has 0 saturated carbocycles. The average molecular weight is 404 g/mol. The zero-order valence-electron chi connectivity index (χ0n) is 15.0. The predicted octanol–water partition coefficient (Wildman–Crippen LogP) is 0.340. The highest BCUT2D eigenvalue weighted by Crippen LogP contribution is 2.39. The largest absolute Gasteiger partial charge is 0.469 e. The Morgan fingerprint density at radius 2 is 2.12 bits per heavy atom. The minimum Gasteiger partial charge on any atom is -0.469 e. The van der Waals surface area contributed by atoms with Gasteiger partial charge in [0.15, 0.2) is 11.0 Å². The summed E-state index contributed by atoms with van der Waals surface area (Å²) >= 11 is 5.15. The molecule has 26 heavy (non-hydrogen) atoms. The molecule has 0 radical (unpaired) electrons. The number of aliphatic hydroxyl groups excluding tert-OH is 2. The maximum atomic E-state index is 12.0. The number of ether oxygens (including phenoxy) is 2. The zero-order valence-corrected chi connectivity index (χ0v) is 16.8. The minimum absolute atomic E-state index is 0.0329. The van der Waals surface area contributed by atoms with E-state index in [0.29, 0.717) is 6.42 Å². The van der Waals surface area contributed by atoms with Crippen molar-refractivity contribution in [1.82, 2.24) is 9.55 Å². The van der Waals surface area contributed by atoms with Crippen molar-refractivity contribution in [3.05, 3.63) is 26.9 Å². The molecular formula is C16H25N2O6PS. The Hall–Kier alpha value is -1.25. The van der Waals surface area contributed by atoms with Crippen LogP contribution in [0.4, 0.5) is 0 Å². The molecule has 8 nitrogen and oxygen atoms in total. The number of carbonyl (C=O) groups is 1. The van der Waals surface area contributed by atoms with Crippen LogP contribution < -0.4 is 5.56 Å². The van der Waals surface area contributed by atoms with E-state index in [1.165, 1.54) is 17.9 Å². The van der Waals surface area contributed by atoms with Crippen LogP contribution in [-0.4, -0.2) is 76.9 Å². The third-order valence-corrected chi connectivity index (χ3v) is 6.02. The molecule has 1 fully saturated rings. The van der Waals surface area contributed by atoms with Gasteiger partial charge in [-0.15, -0.1) is 13.2 Å². The van der Waals surface area contributed by atoms with Crippen molar-refractivity contribution in [3.63, 3.8) is 0 Å². The lowest BCUT2D eigenvalue weighted by atomic mass is 10.1. The van der Waals surface area contributed by atoms with E-state index in [1.54, 1.807) is 0 Å². The van der Waals surface area contributed by atoms with Crippen LogP contribution in [0, 0.1) is 4.77 Å². The van der Waals surface area contributed by atoms with E-state index in [4.69, 9.17) is 17.0 Å². The first kappa shape index (κ1) is 21.1. The van der Waals surface area contributed by atoms with Crippen LogP contribution in [0.25, 0.3) is 0 Å². The number of nitrogens with one attached hydrogen (secondary N) is 1. The number of aromatic nitrogens is 2. The van der Waals surface area contributed by atoms with Crippen molar-refractivity contribution in [2.24, 2.45) is 0 Å². The Bertz CT molecular complexity index is 829. The topological polar surface area (TPSA) is 114 Å². The number of rotatable bonds is 6. The molecule has 0 bridgehead atoms. The molecule has 4 atom stereocenters. The molecule has 2 rings (SSSR count). The summed E-state index contributed by atoms with van der Waals surface area (Å²) in [5.74, 6) is -0.577. The second kappa shape index (κ2) is 8.19. The van der Waals surface area contributed by atoms with E-state index < -0.39 is 43.0 Å². The second-order valence-corrected chi connectivity index (χ2v) is 11.8. The van der Waals surface area contributed by atoms with E-state index in [1.807, 2.05) is 0 Å². The van der Waals surface area contributed by atoms with E-state index in [-0.39, 0.29) is 16.8 Å². The highest BCUT2D eigenvalue weighted by atomic mass is 32.1. The summed E-state index contributed by atoms with van der Waals surface area (Å²) in [6.07, 6.45) is 2.81. The number of hydrogen-bond donors (Lipinski definition) is 3. The number of hydrogen-bond acceptors (Lipinski definition) is 7. The van der Waals surface area contributed by atoms with Crippen LogP contribution in [0.3, 0.4) is 0 Å². The van der Waals surface area contributed by atoms with E-state index in [9.17, 15) is 19.8 Å². The molecule has 1 saturated heterocycles. The third-order valence-electron chi connectivity index (χ3n) is 4.23. The summed E-state index contributed by atoms with van der Waals surface area (Å²) in [5.41, 5.74) is -0.381. The summed E-state index contributed by atoms with van der Waals surface area (Å²) in [6.45, 7) is 2.87. The molecule has 0 unspecified atom stereocenters. The number of aromatic amines is 1. The van der Waals surface area contributed by atoms with Gasteiger partial charge in [0.25, 0.3) is 5.56 Å². The zero-order chi connectivity index (χ0) is 19.6.